The first-order valence-electron chi connectivity index (χ1n) is 5.93. The highest BCUT2D eigenvalue weighted by Gasteiger charge is 2.22. The number of ether oxygens (including phenoxy) is 1. The van der Waals surface area contributed by atoms with Crippen molar-refractivity contribution in [1.29, 1.82) is 0 Å². The van der Waals surface area contributed by atoms with Crippen LogP contribution < -0.4 is 4.74 Å². The number of hydrogen-bond donors (Lipinski definition) is 0. The van der Waals surface area contributed by atoms with Crippen LogP contribution in [-0.2, 0) is 16.4 Å². The van der Waals surface area contributed by atoms with E-state index in [4.69, 9.17) is 4.74 Å². The van der Waals surface area contributed by atoms with E-state index in [-0.39, 0.29) is 4.90 Å². The van der Waals surface area contributed by atoms with Crippen LogP contribution in [0.5, 0.6) is 5.75 Å². The number of methoxy groups -OCH3 is 1. The summed E-state index contributed by atoms with van der Waals surface area (Å²) in [5, 5.41) is 3.96. The summed E-state index contributed by atoms with van der Waals surface area (Å²) in [6.07, 6.45) is 2.19. The molecular formula is C13H16N2O3S. The van der Waals surface area contributed by atoms with Gasteiger partial charge in [-0.1, -0.05) is 13.0 Å². The highest BCUT2D eigenvalue weighted by atomic mass is 32.2. The predicted octanol–water partition coefficient (Wildman–Crippen LogP) is 2.00. The molecule has 0 amide bonds. The van der Waals surface area contributed by atoms with Gasteiger partial charge < -0.3 is 4.74 Å². The van der Waals surface area contributed by atoms with Gasteiger partial charge in [0.2, 0.25) is 0 Å². The molecule has 2 rings (SSSR count). The lowest BCUT2D eigenvalue weighted by Crippen LogP contribution is -2.15. The van der Waals surface area contributed by atoms with Gasteiger partial charge in [0.15, 0.2) is 0 Å². The highest BCUT2D eigenvalue weighted by Crippen LogP contribution is 2.26. The van der Waals surface area contributed by atoms with Crippen LogP contribution in [0.4, 0.5) is 0 Å². The molecule has 1 aromatic heterocycles. The van der Waals surface area contributed by atoms with E-state index in [1.165, 1.54) is 13.3 Å². The van der Waals surface area contributed by atoms with Gasteiger partial charge in [-0.2, -0.15) is 17.6 Å². The lowest BCUT2D eigenvalue weighted by atomic mass is 10.2. The van der Waals surface area contributed by atoms with Gasteiger partial charge in [0.25, 0.3) is 10.0 Å². The molecule has 0 spiro atoms. The van der Waals surface area contributed by atoms with Gasteiger partial charge in [0, 0.05) is 6.20 Å². The molecule has 0 aliphatic heterocycles. The Morgan fingerprint density at radius 3 is 2.58 bits per heavy atom. The Morgan fingerprint density at radius 2 is 2.05 bits per heavy atom. The minimum atomic E-state index is -3.71. The van der Waals surface area contributed by atoms with E-state index in [2.05, 4.69) is 5.10 Å². The van der Waals surface area contributed by atoms with E-state index in [1.54, 1.807) is 25.1 Å². The first-order valence-corrected chi connectivity index (χ1v) is 7.37. The molecule has 19 heavy (non-hydrogen) atoms. The number of benzene rings is 1. The van der Waals surface area contributed by atoms with Crippen molar-refractivity contribution in [3.63, 3.8) is 0 Å². The summed E-state index contributed by atoms with van der Waals surface area (Å²) < 4.78 is 31.1. The van der Waals surface area contributed by atoms with E-state index in [9.17, 15) is 8.42 Å². The van der Waals surface area contributed by atoms with Crippen molar-refractivity contribution in [2.24, 2.45) is 0 Å². The van der Waals surface area contributed by atoms with Crippen molar-refractivity contribution < 1.29 is 13.2 Å². The monoisotopic (exact) mass is 280 g/mol. The molecule has 6 heteroatoms. The molecule has 2 aromatic rings. The average molecular weight is 280 g/mol. The second kappa shape index (κ2) is 5.05. The average Bonchev–Trinajstić information content (AvgIpc) is 2.85. The van der Waals surface area contributed by atoms with E-state index in [0.717, 1.165) is 16.1 Å². The van der Waals surface area contributed by atoms with Crippen LogP contribution in [0.15, 0.2) is 35.4 Å². The predicted molar refractivity (Wildman–Crippen MR) is 71.9 cm³/mol. The van der Waals surface area contributed by atoms with Gasteiger partial charge in [0.05, 0.1) is 12.8 Å². The van der Waals surface area contributed by atoms with Crippen molar-refractivity contribution in [3.8, 4) is 5.75 Å². The van der Waals surface area contributed by atoms with Crippen LogP contribution in [0.1, 0.15) is 18.2 Å². The molecule has 1 aromatic carbocycles. The summed E-state index contributed by atoms with van der Waals surface area (Å²) in [6.45, 7) is 3.71. The van der Waals surface area contributed by atoms with Gasteiger partial charge >= 0.3 is 0 Å². The van der Waals surface area contributed by atoms with E-state index >= 15 is 0 Å². The molecule has 0 saturated carbocycles. The molecule has 1 heterocycles. The number of nitrogens with zero attached hydrogens (tertiary/aromatic N) is 2. The first-order chi connectivity index (χ1) is 8.98. The van der Waals surface area contributed by atoms with Gasteiger partial charge in [-0.05, 0) is 37.1 Å². The van der Waals surface area contributed by atoms with E-state index in [0.29, 0.717) is 11.4 Å². The zero-order valence-corrected chi connectivity index (χ0v) is 11.9. The van der Waals surface area contributed by atoms with E-state index in [1.807, 2.05) is 13.0 Å². The van der Waals surface area contributed by atoms with Crippen LogP contribution >= 0.6 is 0 Å². The molecule has 0 bridgehead atoms. The SMILES string of the molecule is CCc1ccc(OC)c(S(=O)(=O)n2ccc(C)n2)c1. The summed E-state index contributed by atoms with van der Waals surface area (Å²) >= 11 is 0. The molecule has 0 atom stereocenters. The largest absolute Gasteiger partial charge is 0.495 e. The third kappa shape index (κ3) is 2.49. The third-order valence-corrected chi connectivity index (χ3v) is 4.43. The van der Waals surface area contributed by atoms with Crippen molar-refractivity contribution in [2.75, 3.05) is 7.11 Å². The first kappa shape index (κ1) is 13.6. The molecule has 5 nitrogen and oxygen atoms in total. The van der Waals surface area contributed by atoms with Crippen molar-refractivity contribution >= 4 is 10.0 Å². The lowest BCUT2D eigenvalue weighted by molar-refractivity contribution is 0.402. The third-order valence-electron chi connectivity index (χ3n) is 2.86. The molecule has 0 fully saturated rings. The molecule has 0 radical (unpaired) electrons. The van der Waals surface area contributed by atoms with Crippen LogP contribution in [0.2, 0.25) is 0 Å². The van der Waals surface area contributed by atoms with E-state index < -0.39 is 10.0 Å². The summed E-state index contributed by atoms with van der Waals surface area (Å²) in [5.74, 6) is 0.324. The number of rotatable bonds is 4. The Hall–Kier alpha value is -1.82. The Kier molecular flexibility index (Phi) is 3.61. The number of aryl methyl sites for hydroxylation is 2. The second-order valence-electron chi connectivity index (χ2n) is 4.17. The Balaban J connectivity index is 2.62. The van der Waals surface area contributed by atoms with Crippen molar-refractivity contribution in [2.45, 2.75) is 25.2 Å². The van der Waals surface area contributed by atoms with Crippen LogP contribution in [0.3, 0.4) is 0 Å². The van der Waals surface area contributed by atoms with Crippen LogP contribution in [0, 0.1) is 6.92 Å². The molecule has 0 aliphatic rings. The zero-order valence-electron chi connectivity index (χ0n) is 11.1. The summed E-state index contributed by atoms with van der Waals surface area (Å²) in [5.41, 5.74) is 1.58. The molecule has 0 aliphatic carbocycles. The maximum absolute atomic E-state index is 12.5. The van der Waals surface area contributed by atoms with Crippen molar-refractivity contribution in [3.05, 3.63) is 41.7 Å². The van der Waals surface area contributed by atoms with Gasteiger partial charge in [-0.25, -0.2) is 0 Å². The molecule has 0 unspecified atom stereocenters. The zero-order chi connectivity index (χ0) is 14.0. The second-order valence-corrected chi connectivity index (χ2v) is 5.94. The maximum atomic E-state index is 12.5. The highest BCUT2D eigenvalue weighted by molar-refractivity contribution is 7.90. The van der Waals surface area contributed by atoms with Gasteiger partial charge in [-0.15, -0.1) is 0 Å². The quantitative estimate of drug-likeness (QED) is 0.859. The Labute approximate surface area is 112 Å². The molecule has 102 valence electrons. The smallest absolute Gasteiger partial charge is 0.286 e. The maximum Gasteiger partial charge on any atom is 0.286 e. The molecular weight excluding hydrogens is 264 g/mol. The fourth-order valence-corrected chi connectivity index (χ4v) is 3.14. The number of aromatic nitrogens is 2. The fourth-order valence-electron chi connectivity index (χ4n) is 1.77. The van der Waals surface area contributed by atoms with Crippen LogP contribution in [0.25, 0.3) is 0 Å². The van der Waals surface area contributed by atoms with Crippen LogP contribution in [-0.4, -0.2) is 24.7 Å². The summed E-state index contributed by atoms with van der Waals surface area (Å²) in [7, 11) is -2.26. The van der Waals surface area contributed by atoms with Gasteiger partial charge in [0.1, 0.15) is 10.6 Å². The molecule has 0 saturated heterocycles. The Morgan fingerprint density at radius 1 is 1.32 bits per heavy atom. The molecule has 0 N–H and O–H groups in total. The lowest BCUT2D eigenvalue weighted by Gasteiger charge is -2.11. The van der Waals surface area contributed by atoms with Gasteiger partial charge in [-0.3, -0.25) is 0 Å². The minimum Gasteiger partial charge on any atom is -0.495 e. The minimum absolute atomic E-state index is 0.137. The normalized spacial score (nSPS) is 11.5. The Bertz CT molecular complexity index is 690. The number of hydrogen-bond acceptors (Lipinski definition) is 4. The fraction of sp³-hybridized carbons (Fsp3) is 0.308. The summed E-state index contributed by atoms with van der Waals surface area (Å²) in [4.78, 5) is 0.137. The summed E-state index contributed by atoms with van der Waals surface area (Å²) in [6, 6.07) is 6.80. The van der Waals surface area contributed by atoms with Crippen molar-refractivity contribution in [1.82, 2.24) is 9.19 Å². The topological polar surface area (TPSA) is 61.2 Å². The standard InChI is InChI=1S/C13H16N2O3S/c1-4-11-5-6-12(18-3)13(9-11)19(16,17)15-8-7-10(2)14-15/h5-9H,4H2,1-3H3.